The molecule has 8 heteroatoms. The molecule has 0 aliphatic carbocycles. The predicted molar refractivity (Wildman–Crippen MR) is 131 cm³/mol. The first-order chi connectivity index (χ1) is 15.7. The number of hydrogen-bond donors (Lipinski definition) is 0. The summed E-state index contributed by atoms with van der Waals surface area (Å²) < 4.78 is 28.3. The van der Waals surface area contributed by atoms with Gasteiger partial charge in [0.15, 0.2) is 0 Å². The summed E-state index contributed by atoms with van der Waals surface area (Å²) >= 11 is 6.03. The van der Waals surface area contributed by atoms with Crippen molar-refractivity contribution in [1.82, 2.24) is 14.5 Å². The average molecular weight is 486 g/mol. The zero-order valence-corrected chi connectivity index (χ0v) is 20.4. The smallest absolute Gasteiger partial charge is 0.254 e. The van der Waals surface area contributed by atoms with E-state index < -0.39 is 9.84 Å². The number of carbonyl (C=O) groups is 1. The molecule has 0 saturated heterocycles. The number of hydrogen-bond acceptors (Lipinski definition) is 4. The van der Waals surface area contributed by atoms with E-state index in [1.54, 1.807) is 58.1 Å². The van der Waals surface area contributed by atoms with Gasteiger partial charge in [0.1, 0.15) is 0 Å². The Morgan fingerprint density at radius 1 is 1.18 bits per heavy atom. The molecular formula is C25H28ClN3O3S. The number of sulfone groups is 1. The van der Waals surface area contributed by atoms with Gasteiger partial charge >= 0.3 is 0 Å². The maximum absolute atomic E-state index is 13.3. The summed E-state index contributed by atoms with van der Waals surface area (Å²) in [4.78, 5) is 19.0. The Labute approximate surface area is 200 Å². The third-order valence-corrected chi connectivity index (χ3v) is 6.81. The van der Waals surface area contributed by atoms with Crippen LogP contribution in [-0.4, -0.2) is 35.3 Å². The van der Waals surface area contributed by atoms with E-state index in [9.17, 15) is 13.2 Å². The molecule has 0 saturated carbocycles. The Balaban J connectivity index is 1.95. The van der Waals surface area contributed by atoms with Gasteiger partial charge in [-0.1, -0.05) is 61.9 Å². The lowest BCUT2D eigenvalue weighted by Gasteiger charge is -2.23. The first kappa shape index (κ1) is 24.7. The minimum atomic E-state index is -3.74. The van der Waals surface area contributed by atoms with E-state index in [-0.39, 0.29) is 29.3 Å². The van der Waals surface area contributed by atoms with E-state index in [0.29, 0.717) is 34.9 Å². The van der Waals surface area contributed by atoms with Crippen LogP contribution in [0.25, 0.3) is 0 Å². The fourth-order valence-corrected chi connectivity index (χ4v) is 5.27. The molecule has 0 aliphatic rings. The number of benzene rings is 2. The van der Waals surface area contributed by atoms with E-state index >= 15 is 0 Å². The standard InChI is InChI=1S/C25H28ClN3O3S/c1-4-13-28(24(30)21-10-6-5-7-11-21)17-23-15-27-25(29(23)16-19(2)3)33(31,32)18-20-9-8-12-22(26)14-20/h4-12,14-15,19H,1,13,16-18H2,2-3H3. The molecule has 1 aromatic heterocycles. The highest BCUT2D eigenvalue weighted by Gasteiger charge is 2.26. The van der Waals surface area contributed by atoms with Crippen LogP contribution >= 0.6 is 11.6 Å². The monoisotopic (exact) mass is 485 g/mol. The van der Waals surface area contributed by atoms with Crippen molar-refractivity contribution < 1.29 is 13.2 Å². The van der Waals surface area contributed by atoms with Crippen LogP contribution in [-0.2, 0) is 28.7 Å². The number of imidazole rings is 1. The summed E-state index contributed by atoms with van der Waals surface area (Å²) in [6.07, 6.45) is 3.20. The van der Waals surface area contributed by atoms with Gasteiger partial charge in [0.25, 0.3) is 5.91 Å². The van der Waals surface area contributed by atoms with Crippen LogP contribution in [0.2, 0.25) is 5.02 Å². The molecule has 0 radical (unpaired) electrons. The summed E-state index contributed by atoms with van der Waals surface area (Å²) in [5, 5.41) is 0.477. The van der Waals surface area contributed by atoms with Gasteiger partial charge in [0.05, 0.1) is 24.2 Å². The van der Waals surface area contributed by atoms with E-state index in [4.69, 9.17) is 11.6 Å². The highest BCUT2D eigenvalue weighted by atomic mass is 35.5. The lowest BCUT2D eigenvalue weighted by atomic mass is 10.2. The number of carbonyl (C=O) groups excluding carboxylic acids is 1. The van der Waals surface area contributed by atoms with Crippen molar-refractivity contribution in [2.45, 2.75) is 37.8 Å². The Kier molecular flexibility index (Phi) is 8.10. The summed E-state index contributed by atoms with van der Waals surface area (Å²) in [5.74, 6) is -0.187. The lowest BCUT2D eigenvalue weighted by molar-refractivity contribution is 0.0758. The second-order valence-electron chi connectivity index (χ2n) is 8.27. The van der Waals surface area contributed by atoms with Crippen molar-refractivity contribution >= 4 is 27.3 Å². The molecule has 0 atom stereocenters. The molecule has 0 aliphatic heterocycles. The maximum atomic E-state index is 13.3. The van der Waals surface area contributed by atoms with Gasteiger partial charge in [0, 0.05) is 23.7 Å². The summed E-state index contributed by atoms with van der Waals surface area (Å²) in [6.45, 7) is 8.78. The number of amides is 1. The highest BCUT2D eigenvalue weighted by Crippen LogP contribution is 2.22. The van der Waals surface area contributed by atoms with E-state index in [1.165, 1.54) is 0 Å². The van der Waals surface area contributed by atoms with Crippen LogP contribution in [0, 0.1) is 5.92 Å². The van der Waals surface area contributed by atoms with Crippen molar-refractivity contribution in [2.24, 2.45) is 5.92 Å². The Hall–Kier alpha value is -2.90. The summed E-state index contributed by atoms with van der Waals surface area (Å²) in [6, 6.07) is 15.8. The molecule has 2 aromatic carbocycles. The largest absolute Gasteiger partial charge is 0.329 e. The van der Waals surface area contributed by atoms with Crippen LogP contribution < -0.4 is 0 Å². The minimum Gasteiger partial charge on any atom is -0.329 e. The quantitative estimate of drug-likeness (QED) is 0.379. The van der Waals surface area contributed by atoms with Crippen LogP contribution in [0.1, 0.15) is 35.5 Å². The third kappa shape index (κ3) is 6.33. The first-order valence-electron chi connectivity index (χ1n) is 10.7. The van der Waals surface area contributed by atoms with Crippen LogP contribution in [0.4, 0.5) is 0 Å². The van der Waals surface area contributed by atoms with Crippen LogP contribution in [0.5, 0.6) is 0 Å². The number of halogens is 1. The maximum Gasteiger partial charge on any atom is 0.254 e. The van der Waals surface area contributed by atoms with E-state index in [0.717, 1.165) is 0 Å². The third-order valence-electron chi connectivity index (χ3n) is 4.98. The molecule has 0 N–H and O–H groups in total. The Morgan fingerprint density at radius 2 is 1.91 bits per heavy atom. The predicted octanol–water partition coefficient (Wildman–Crippen LogP) is 4.99. The topological polar surface area (TPSA) is 72.3 Å². The first-order valence-corrected chi connectivity index (χ1v) is 12.7. The lowest BCUT2D eigenvalue weighted by Crippen LogP contribution is -2.32. The zero-order chi connectivity index (χ0) is 24.0. The molecule has 0 spiro atoms. The molecule has 1 amide bonds. The van der Waals surface area contributed by atoms with Gasteiger partial charge in [0.2, 0.25) is 15.0 Å². The van der Waals surface area contributed by atoms with Crippen LogP contribution in [0.3, 0.4) is 0 Å². The van der Waals surface area contributed by atoms with Gasteiger partial charge in [-0.05, 0) is 35.7 Å². The van der Waals surface area contributed by atoms with Gasteiger partial charge in [-0.15, -0.1) is 6.58 Å². The van der Waals surface area contributed by atoms with Gasteiger partial charge in [-0.2, -0.15) is 0 Å². The van der Waals surface area contributed by atoms with Crippen molar-refractivity contribution in [3.8, 4) is 0 Å². The highest BCUT2D eigenvalue weighted by molar-refractivity contribution is 7.90. The van der Waals surface area contributed by atoms with E-state index in [1.807, 2.05) is 32.0 Å². The van der Waals surface area contributed by atoms with Crippen molar-refractivity contribution in [3.05, 3.63) is 95.3 Å². The molecule has 174 valence electrons. The number of nitrogens with zero attached hydrogens (tertiary/aromatic N) is 3. The second-order valence-corrected chi connectivity index (χ2v) is 10.6. The number of rotatable bonds is 10. The summed E-state index contributed by atoms with van der Waals surface area (Å²) in [7, 11) is -3.74. The molecule has 0 unspecified atom stereocenters. The summed E-state index contributed by atoms with van der Waals surface area (Å²) in [5.41, 5.74) is 1.80. The number of aromatic nitrogens is 2. The fraction of sp³-hybridized carbons (Fsp3) is 0.280. The average Bonchev–Trinajstić information content (AvgIpc) is 3.15. The minimum absolute atomic E-state index is 0.00288. The van der Waals surface area contributed by atoms with Crippen molar-refractivity contribution in [2.75, 3.05) is 6.54 Å². The molecule has 3 rings (SSSR count). The van der Waals surface area contributed by atoms with Crippen LogP contribution in [0.15, 0.2) is 78.6 Å². The molecule has 0 bridgehead atoms. The molecular weight excluding hydrogens is 458 g/mol. The molecule has 1 heterocycles. The normalized spacial score (nSPS) is 11.5. The molecule has 33 heavy (non-hydrogen) atoms. The SMILES string of the molecule is C=CCN(Cc1cnc(S(=O)(=O)Cc2cccc(Cl)c2)n1CC(C)C)C(=O)c1ccccc1. The zero-order valence-electron chi connectivity index (χ0n) is 18.8. The molecule has 3 aromatic rings. The van der Waals surface area contributed by atoms with Gasteiger partial charge in [-0.25, -0.2) is 13.4 Å². The molecule has 0 fully saturated rings. The second kappa shape index (κ2) is 10.8. The van der Waals surface area contributed by atoms with Crippen molar-refractivity contribution in [1.29, 1.82) is 0 Å². The van der Waals surface area contributed by atoms with Crippen molar-refractivity contribution in [3.63, 3.8) is 0 Å². The van der Waals surface area contributed by atoms with Gasteiger partial charge in [-0.3, -0.25) is 4.79 Å². The van der Waals surface area contributed by atoms with Gasteiger partial charge < -0.3 is 9.47 Å². The van der Waals surface area contributed by atoms with E-state index in [2.05, 4.69) is 11.6 Å². The fourth-order valence-electron chi connectivity index (χ4n) is 3.57. The Bertz CT molecular complexity index is 1220. The molecule has 6 nitrogen and oxygen atoms in total. The Morgan fingerprint density at radius 3 is 2.55 bits per heavy atom.